The molecule has 1 aromatic carbocycles. The Kier molecular flexibility index (Phi) is 8.41. The zero-order valence-corrected chi connectivity index (χ0v) is 20.9. The fraction of sp³-hybridized carbons (Fsp3) is 0.520. The first-order valence-corrected chi connectivity index (χ1v) is 11.1. The molecular formula is C25H36N4O4. The number of hydrogen-bond acceptors (Lipinski definition) is 6. The Hall–Kier alpha value is -3.16. The molecule has 0 spiro atoms. The van der Waals surface area contributed by atoms with Crippen molar-refractivity contribution in [1.29, 1.82) is 0 Å². The van der Waals surface area contributed by atoms with E-state index in [4.69, 9.17) is 9.47 Å². The van der Waals surface area contributed by atoms with Crippen LogP contribution in [0.1, 0.15) is 60.5 Å². The van der Waals surface area contributed by atoms with Crippen LogP contribution in [0.25, 0.3) is 11.3 Å². The fourth-order valence-corrected chi connectivity index (χ4v) is 3.57. The lowest BCUT2D eigenvalue weighted by molar-refractivity contribution is -0.114. The summed E-state index contributed by atoms with van der Waals surface area (Å²) in [5, 5.41) is 5.66. The third-order valence-corrected chi connectivity index (χ3v) is 4.65. The molecule has 0 aliphatic carbocycles. The highest BCUT2D eigenvalue weighted by Gasteiger charge is 2.31. The lowest BCUT2D eigenvalue weighted by Crippen LogP contribution is -2.52. The number of alkyl carbamates (subject to hydrolysis) is 1. The van der Waals surface area contributed by atoms with E-state index in [1.165, 1.54) is 13.3 Å². The van der Waals surface area contributed by atoms with Crippen molar-refractivity contribution < 1.29 is 19.1 Å². The molecule has 0 saturated carbocycles. The van der Waals surface area contributed by atoms with Crippen LogP contribution in [-0.2, 0) is 9.53 Å². The first kappa shape index (κ1) is 26.1. The fourth-order valence-electron chi connectivity index (χ4n) is 3.57. The molecular weight excluding hydrogens is 420 g/mol. The number of carbonyl (C=O) groups is 2. The first-order valence-electron chi connectivity index (χ1n) is 11.1. The van der Waals surface area contributed by atoms with E-state index in [1.807, 2.05) is 52.8 Å². The third kappa shape index (κ3) is 8.71. The van der Waals surface area contributed by atoms with Gasteiger partial charge in [0.05, 0.1) is 11.2 Å². The van der Waals surface area contributed by atoms with Crippen molar-refractivity contribution in [2.45, 2.75) is 73.0 Å². The Morgan fingerprint density at radius 1 is 1.09 bits per heavy atom. The van der Waals surface area contributed by atoms with Gasteiger partial charge in [0.15, 0.2) is 0 Å². The summed E-state index contributed by atoms with van der Waals surface area (Å²) in [6.45, 7) is 15.4. The van der Waals surface area contributed by atoms with Crippen LogP contribution in [0.5, 0.6) is 5.75 Å². The lowest BCUT2D eigenvalue weighted by atomic mass is 9.91. The van der Waals surface area contributed by atoms with E-state index in [2.05, 4.69) is 34.4 Å². The van der Waals surface area contributed by atoms with Gasteiger partial charge in [-0.1, -0.05) is 13.8 Å². The predicted molar refractivity (Wildman–Crippen MR) is 129 cm³/mol. The minimum atomic E-state index is -0.596. The van der Waals surface area contributed by atoms with E-state index < -0.39 is 17.2 Å². The van der Waals surface area contributed by atoms with E-state index in [-0.39, 0.29) is 5.91 Å². The lowest BCUT2D eigenvalue weighted by Gasteiger charge is -2.33. The molecule has 1 heterocycles. The quantitative estimate of drug-likeness (QED) is 0.572. The van der Waals surface area contributed by atoms with Gasteiger partial charge in [-0.05, 0) is 70.7 Å². The average molecular weight is 457 g/mol. The van der Waals surface area contributed by atoms with Crippen LogP contribution >= 0.6 is 0 Å². The summed E-state index contributed by atoms with van der Waals surface area (Å²) in [7, 11) is 0. The van der Waals surface area contributed by atoms with E-state index in [0.717, 1.165) is 23.3 Å². The summed E-state index contributed by atoms with van der Waals surface area (Å²) in [5.41, 5.74) is 1.33. The molecule has 2 amide bonds. The number of ether oxygens (including phenoxy) is 2. The summed E-state index contributed by atoms with van der Waals surface area (Å²) in [5.74, 6) is 1.33. The minimum absolute atomic E-state index is 0.191. The van der Waals surface area contributed by atoms with Crippen molar-refractivity contribution >= 4 is 17.8 Å². The number of aryl methyl sites for hydroxylation is 1. The van der Waals surface area contributed by atoms with Crippen LogP contribution < -0.4 is 15.4 Å². The van der Waals surface area contributed by atoms with Gasteiger partial charge in [0.1, 0.15) is 30.1 Å². The van der Waals surface area contributed by atoms with Gasteiger partial charge >= 0.3 is 6.09 Å². The Labute approximate surface area is 196 Å². The molecule has 0 aliphatic rings. The molecule has 1 atom stereocenters. The van der Waals surface area contributed by atoms with Crippen LogP contribution in [0.2, 0.25) is 0 Å². The predicted octanol–water partition coefficient (Wildman–Crippen LogP) is 5.12. The summed E-state index contributed by atoms with van der Waals surface area (Å²) in [4.78, 5) is 32.1. The van der Waals surface area contributed by atoms with Crippen molar-refractivity contribution in [3.8, 4) is 17.0 Å². The van der Waals surface area contributed by atoms with Gasteiger partial charge in [0.2, 0.25) is 5.91 Å². The Morgan fingerprint density at radius 3 is 2.36 bits per heavy atom. The van der Waals surface area contributed by atoms with E-state index in [9.17, 15) is 9.59 Å². The molecule has 8 heteroatoms. The van der Waals surface area contributed by atoms with Gasteiger partial charge in [-0.2, -0.15) is 0 Å². The Morgan fingerprint density at radius 2 is 1.79 bits per heavy atom. The summed E-state index contributed by atoms with van der Waals surface area (Å²) >= 11 is 0. The second kappa shape index (κ2) is 10.6. The van der Waals surface area contributed by atoms with Crippen molar-refractivity contribution in [2.24, 2.45) is 5.92 Å². The molecule has 0 aliphatic heterocycles. The number of nitrogens with one attached hydrogen (secondary N) is 2. The van der Waals surface area contributed by atoms with Crippen molar-refractivity contribution in [3.63, 3.8) is 0 Å². The molecule has 180 valence electrons. The summed E-state index contributed by atoms with van der Waals surface area (Å²) < 4.78 is 11.6. The first-order chi connectivity index (χ1) is 15.3. The molecule has 0 unspecified atom stereocenters. The number of benzene rings is 1. The van der Waals surface area contributed by atoms with Crippen LogP contribution in [0.4, 0.5) is 10.6 Å². The van der Waals surface area contributed by atoms with E-state index in [0.29, 0.717) is 24.0 Å². The normalized spacial score (nSPS) is 13.2. The highest BCUT2D eigenvalue weighted by atomic mass is 16.6. The number of anilines is 1. The highest BCUT2D eigenvalue weighted by Crippen LogP contribution is 2.27. The smallest absolute Gasteiger partial charge is 0.408 e. The molecule has 0 saturated heterocycles. The summed E-state index contributed by atoms with van der Waals surface area (Å²) in [6.07, 6.45) is 1.69. The maximum atomic E-state index is 12.4. The van der Waals surface area contributed by atoms with Gasteiger partial charge in [-0.15, -0.1) is 0 Å². The minimum Gasteiger partial charge on any atom is -0.491 e. The number of aromatic nitrogens is 2. The third-order valence-electron chi connectivity index (χ3n) is 4.65. The SMILES string of the molecule is CC(=O)Nc1cc(-c2ccc(OC[C@](C)(CC(C)C)NC(=O)OC(C)(C)C)c(C)c2)ncn1. The van der Waals surface area contributed by atoms with Gasteiger partial charge < -0.3 is 20.1 Å². The number of amides is 2. The zero-order valence-electron chi connectivity index (χ0n) is 20.9. The van der Waals surface area contributed by atoms with Crippen LogP contribution in [0.3, 0.4) is 0 Å². The van der Waals surface area contributed by atoms with Gasteiger partial charge in [-0.3, -0.25) is 4.79 Å². The Balaban J connectivity index is 2.15. The van der Waals surface area contributed by atoms with Gasteiger partial charge in [-0.25, -0.2) is 14.8 Å². The van der Waals surface area contributed by atoms with Gasteiger partial charge in [0, 0.05) is 18.6 Å². The molecule has 2 aromatic rings. The van der Waals surface area contributed by atoms with Crippen molar-refractivity contribution in [2.75, 3.05) is 11.9 Å². The largest absolute Gasteiger partial charge is 0.491 e. The molecule has 2 N–H and O–H groups in total. The maximum Gasteiger partial charge on any atom is 0.408 e. The summed E-state index contributed by atoms with van der Waals surface area (Å²) in [6, 6.07) is 7.48. The molecule has 8 nitrogen and oxygen atoms in total. The molecule has 33 heavy (non-hydrogen) atoms. The van der Waals surface area contributed by atoms with Crippen LogP contribution in [0.15, 0.2) is 30.6 Å². The maximum absolute atomic E-state index is 12.4. The molecule has 0 radical (unpaired) electrons. The second-order valence-electron chi connectivity index (χ2n) is 10.0. The Bertz CT molecular complexity index is 985. The van der Waals surface area contributed by atoms with E-state index >= 15 is 0 Å². The standard InChI is InChI=1S/C25H36N4O4/c1-16(2)13-25(8,29-23(31)33-24(5,6)7)14-32-21-10-9-19(11-17(21)3)20-12-22(27-15-26-20)28-18(4)30/h9-12,15-16H,13-14H2,1-8H3,(H,29,31)(H,26,27,28,30)/t25-/m0/s1. The number of hydrogen-bond donors (Lipinski definition) is 2. The topological polar surface area (TPSA) is 102 Å². The van der Waals surface area contributed by atoms with Gasteiger partial charge in [0.25, 0.3) is 0 Å². The molecule has 0 fully saturated rings. The number of rotatable bonds is 8. The van der Waals surface area contributed by atoms with E-state index in [1.54, 1.807) is 6.07 Å². The van der Waals surface area contributed by atoms with Crippen molar-refractivity contribution in [1.82, 2.24) is 15.3 Å². The second-order valence-corrected chi connectivity index (χ2v) is 10.0. The van der Waals surface area contributed by atoms with Crippen molar-refractivity contribution in [3.05, 3.63) is 36.2 Å². The molecule has 2 rings (SSSR count). The average Bonchev–Trinajstić information content (AvgIpc) is 2.64. The van der Waals surface area contributed by atoms with Crippen LogP contribution in [0, 0.1) is 12.8 Å². The zero-order chi connectivity index (χ0) is 24.8. The highest BCUT2D eigenvalue weighted by molar-refractivity contribution is 5.88. The molecule has 0 bridgehead atoms. The van der Waals surface area contributed by atoms with Crippen LogP contribution in [-0.4, -0.2) is 39.7 Å². The molecule has 1 aromatic heterocycles. The number of carbonyl (C=O) groups excluding carboxylic acids is 2. The number of nitrogens with zero attached hydrogens (tertiary/aromatic N) is 2. The monoisotopic (exact) mass is 456 g/mol.